The van der Waals surface area contributed by atoms with Gasteiger partial charge in [0.1, 0.15) is 23.8 Å². The molecule has 0 saturated heterocycles. The maximum atomic E-state index is 13.4. The van der Waals surface area contributed by atoms with Crippen molar-refractivity contribution in [3.8, 4) is 0 Å². The van der Waals surface area contributed by atoms with Gasteiger partial charge >= 0.3 is 5.97 Å². The molecule has 5 heteroatoms. The van der Waals surface area contributed by atoms with Crippen molar-refractivity contribution in [2.24, 2.45) is 5.73 Å². The van der Waals surface area contributed by atoms with Crippen LogP contribution in [0, 0.1) is 18.6 Å². The molecule has 0 radical (unpaired) electrons. The van der Waals surface area contributed by atoms with Crippen molar-refractivity contribution in [3.05, 3.63) is 70.8 Å². The summed E-state index contributed by atoms with van der Waals surface area (Å²) in [4.78, 5) is 11.8. The Morgan fingerprint density at radius 2 is 1.62 bits per heavy atom. The maximum Gasteiger partial charge on any atom is 0.322 e. The minimum atomic E-state index is -0.740. The third-order valence-corrected chi connectivity index (χ3v) is 3.94. The molecule has 0 saturated carbocycles. The van der Waals surface area contributed by atoms with Gasteiger partial charge in [0, 0.05) is 5.92 Å². The molecule has 0 amide bonds. The summed E-state index contributed by atoms with van der Waals surface area (Å²) in [6.45, 7) is 5.08. The Labute approximate surface area is 140 Å². The van der Waals surface area contributed by atoms with Crippen LogP contribution in [0.5, 0.6) is 0 Å². The van der Waals surface area contributed by atoms with E-state index in [1.165, 1.54) is 24.3 Å². The fourth-order valence-corrected chi connectivity index (χ4v) is 2.72. The van der Waals surface area contributed by atoms with E-state index < -0.39 is 18.1 Å². The van der Waals surface area contributed by atoms with Crippen LogP contribution in [-0.2, 0) is 9.53 Å². The van der Waals surface area contributed by atoms with Crippen LogP contribution in [0.2, 0.25) is 0 Å². The third-order valence-electron chi connectivity index (χ3n) is 3.94. The molecule has 0 fully saturated rings. The molecule has 0 aliphatic rings. The molecule has 2 aromatic rings. The van der Waals surface area contributed by atoms with Crippen LogP contribution >= 0.6 is 0 Å². The van der Waals surface area contributed by atoms with Crippen LogP contribution < -0.4 is 5.73 Å². The van der Waals surface area contributed by atoms with Gasteiger partial charge in [0.2, 0.25) is 0 Å². The second kappa shape index (κ2) is 7.53. The van der Waals surface area contributed by atoms with Gasteiger partial charge in [-0.3, -0.25) is 4.79 Å². The van der Waals surface area contributed by atoms with Gasteiger partial charge in [0.15, 0.2) is 0 Å². The molecule has 0 spiro atoms. The molecule has 0 heterocycles. The quantitative estimate of drug-likeness (QED) is 0.849. The monoisotopic (exact) mass is 333 g/mol. The Morgan fingerprint density at radius 3 is 2.17 bits per heavy atom. The Kier molecular flexibility index (Phi) is 5.67. The summed E-state index contributed by atoms with van der Waals surface area (Å²) in [6.07, 6.45) is -0.543. The molecule has 2 aromatic carbocycles. The van der Waals surface area contributed by atoms with Crippen LogP contribution in [0.1, 0.15) is 36.5 Å². The number of nitrogens with two attached hydrogens (primary N) is 1. The summed E-state index contributed by atoms with van der Waals surface area (Å²) in [6, 6.07) is 9.68. The van der Waals surface area contributed by atoms with E-state index in [1.807, 2.05) is 0 Å². The fourth-order valence-electron chi connectivity index (χ4n) is 2.72. The Hall–Kier alpha value is -2.27. The van der Waals surface area contributed by atoms with Gasteiger partial charge in [-0.05, 0) is 61.7 Å². The summed E-state index contributed by atoms with van der Waals surface area (Å²) >= 11 is 0. The molecule has 3 atom stereocenters. The topological polar surface area (TPSA) is 52.3 Å². The molecular weight excluding hydrogens is 312 g/mol. The van der Waals surface area contributed by atoms with Crippen molar-refractivity contribution in [1.29, 1.82) is 0 Å². The van der Waals surface area contributed by atoms with Crippen molar-refractivity contribution >= 4 is 5.97 Å². The summed E-state index contributed by atoms with van der Waals surface area (Å²) in [7, 11) is 0. The molecule has 0 bridgehead atoms. The van der Waals surface area contributed by atoms with Gasteiger partial charge in [-0.15, -0.1) is 0 Å². The molecule has 2 N–H and O–H groups in total. The predicted octanol–water partition coefficient (Wildman–Crippen LogP) is 3.68. The molecular formula is C19H21F2NO2. The Morgan fingerprint density at radius 1 is 1.04 bits per heavy atom. The minimum absolute atomic E-state index is 0.339. The highest BCUT2D eigenvalue weighted by Gasteiger charge is 2.27. The number of hydrogen-bond donors (Lipinski definition) is 1. The lowest BCUT2D eigenvalue weighted by Gasteiger charge is -2.27. The van der Waals surface area contributed by atoms with Crippen LogP contribution in [-0.4, -0.2) is 18.1 Å². The van der Waals surface area contributed by atoms with Gasteiger partial charge in [-0.25, -0.2) is 8.78 Å². The zero-order chi connectivity index (χ0) is 17.9. The summed E-state index contributed by atoms with van der Waals surface area (Å²) in [5.74, 6) is -1.56. The van der Waals surface area contributed by atoms with Gasteiger partial charge < -0.3 is 10.5 Å². The average molecular weight is 333 g/mol. The number of benzene rings is 2. The molecule has 24 heavy (non-hydrogen) atoms. The van der Waals surface area contributed by atoms with Crippen molar-refractivity contribution in [2.45, 2.75) is 38.8 Å². The molecule has 0 unspecified atom stereocenters. The third kappa shape index (κ3) is 4.17. The second-order valence-corrected chi connectivity index (χ2v) is 5.96. The lowest BCUT2D eigenvalue weighted by Crippen LogP contribution is -2.34. The highest BCUT2D eigenvalue weighted by atomic mass is 19.1. The van der Waals surface area contributed by atoms with Crippen LogP contribution in [0.3, 0.4) is 0 Å². The number of carbonyl (C=O) groups excluding carboxylic acids is 1. The number of hydrogen-bond acceptors (Lipinski definition) is 3. The molecule has 2 rings (SSSR count). The standard InChI is InChI=1S/C19H21F2NO2/c1-11-10-16(21)8-9-17(11)18(13(3)24-19(23)12(2)22)14-4-6-15(20)7-5-14/h4-10,12-13,18H,22H2,1-3H3/t12-,13-,18+/m0/s1. The molecule has 0 aromatic heterocycles. The van der Waals surface area contributed by atoms with Crippen LogP contribution in [0.25, 0.3) is 0 Å². The summed E-state index contributed by atoms with van der Waals surface area (Å²) in [5.41, 5.74) is 7.87. The summed E-state index contributed by atoms with van der Waals surface area (Å²) < 4.78 is 32.1. The van der Waals surface area contributed by atoms with Gasteiger partial charge in [0.25, 0.3) is 0 Å². The van der Waals surface area contributed by atoms with Crippen LogP contribution in [0.4, 0.5) is 8.78 Å². The van der Waals surface area contributed by atoms with Gasteiger partial charge in [-0.1, -0.05) is 18.2 Å². The number of aryl methyl sites for hydroxylation is 1. The number of ether oxygens (including phenoxy) is 1. The van der Waals surface area contributed by atoms with E-state index in [2.05, 4.69) is 0 Å². The number of esters is 1. The normalized spacial score (nSPS) is 14.8. The minimum Gasteiger partial charge on any atom is -0.461 e. The smallest absolute Gasteiger partial charge is 0.322 e. The number of halogens is 2. The first-order valence-corrected chi connectivity index (χ1v) is 7.77. The first-order valence-electron chi connectivity index (χ1n) is 7.77. The first kappa shape index (κ1) is 18.1. The van der Waals surface area contributed by atoms with E-state index >= 15 is 0 Å². The van der Waals surface area contributed by atoms with E-state index in [0.29, 0.717) is 0 Å². The zero-order valence-electron chi connectivity index (χ0n) is 13.9. The highest BCUT2D eigenvalue weighted by Crippen LogP contribution is 2.32. The Bertz CT molecular complexity index is 714. The zero-order valence-corrected chi connectivity index (χ0v) is 13.9. The maximum absolute atomic E-state index is 13.4. The van der Waals surface area contributed by atoms with Crippen molar-refractivity contribution in [1.82, 2.24) is 0 Å². The lowest BCUT2D eigenvalue weighted by molar-refractivity contribution is -0.149. The van der Waals surface area contributed by atoms with Crippen LogP contribution in [0.15, 0.2) is 42.5 Å². The number of rotatable bonds is 5. The molecule has 3 nitrogen and oxygen atoms in total. The molecule has 128 valence electrons. The molecule has 0 aliphatic carbocycles. The second-order valence-electron chi connectivity index (χ2n) is 5.96. The van der Waals surface area contributed by atoms with E-state index in [1.54, 1.807) is 39.0 Å². The predicted molar refractivity (Wildman–Crippen MR) is 88.6 cm³/mol. The van der Waals surface area contributed by atoms with Crippen molar-refractivity contribution in [2.75, 3.05) is 0 Å². The van der Waals surface area contributed by atoms with Gasteiger partial charge in [0.05, 0.1) is 0 Å². The van der Waals surface area contributed by atoms with E-state index in [9.17, 15) is 13.6 Å². The first-order chi connectivity index (χ1) is 11.3. The van der Waals surface area contributed by atoms with Crippen molar-refractivity contribution in [3.63, 3.8) is 0 Å². The largest absolute Gasteiger partial charge is 0.461 e. The lowest BCUT2D eigenvalue weighted by atomic mass is 9.84. The highest BCUT2D eigenvalue weighted by molar-refractivity contribution is 5.75. The SMILES string of the molecule is Cc1cc(F)ccc1[C@@H](c1ccc(F)cc1)[C@H](C)OC(=O)[C@H](C)N. The van der Waals surface area contributed by atoms with E-state index in [0.717, 1.165) is 16.7 Å². The van der Waals surface area contributed by atoms with Crippen molar-refractivity contribution < 1.29 is 18.3 Å². The van der Waals surface area contributed by atoms with E-state index in [-0.39, 0.29) is 17.6 Å². The molecule has 0 aliphatic heterocycles. The average Bonchev–Trinajstić information content (AvgIpc) is 2.51. The van der Waals surface area contributed by atoms with E-state index in [4.69, 9.17) is 10.5 Å². The number of carbonyl (C=O) groups is 1. The van der Waals surface area contributed by atoms with Gasteiger partial charge in [-0.2, -0.15) is 0 Å². The fraction of sp³-hybridized carbons (Fsp3) is 0.316. The Balaban J connectivity index is 2.44. The summed E-state index contributed by atoms with van der Waals surface area (Å²) in [5, 5.41) is 0.